The van der Waals surface area contributed by atoms with Gasteiger partial charge in [0.1, 0.15) is 5.75 Å². The van der Waals surface area contributed by atoms with Crippen LogP contribution in [0.15, 0.2) is 6.07 Å². The number of hydrogen-bond acceptors (Lipinski definition) is 2. The number of aryl methyl sites for hydroxylation is 1. The fourth-order valence-electron chi connectivity index (χ4n) is 3.66. The molecule has 1 aromatic rings. The van der Waals surface area contributed by atoms with Crippen LogP contribution in [-0.2, 0) is 4.79 Å². The first kappa shape index (κ1) is 16.9. The average Bonchev–Trinajstić information content (AvgIpc) is 3.23. The van der Waals surface area contributed by atoms with Gasteiger partial charge in [0.25, 0.3) is 0 Å². The van der Waals surface area contributed by atoms with E-state index in [9.17, 15) is 4.79 Å². The zero-order chi connectivity index (χ0) is 16.4. The number of aliphatic carboxylic acids is 1. The average molecular weight is 304 g/mol. The Bertz CT molecular complexity index is 562. The molecule has 0 aliphatic heterocycles. The molecule has 3 heteroatoms. The van der Waals surface area contributed by atoms with Crippen molar-refractivity contribution in [2.45, 2.75) is 59.8 Å². The van der Waals surface area contributed by atoms with Crippen LogP contribution >= 0.6 is 0 Å². The molecule has 0 aromatic heterocycles. The first-order chi connectivity index (χ1) is 10.4. The highest BCUT2D eigenvalue weighted by molar-refractivity contribution is 5.73. The second kappa shape index (κ2) is 6.72. The smallest absolute Gasteiger partial charge is 0.306 e. The number of hydrogen-bond donors (Lipinski definition) is 1. The first-order valence-electron chi connectivity index (χ1n) is 8.36. The lowest BCUT2D eigenvalue weighted by Gasteiger charge is -2.23. The quantitative estimate of drug-likeness (QED) is 0.800. The predicted octanol–water partition coefficient (Wildman–Crippen LogP) is 4.61. The van der Waals surface area contributed by atoms with Crippen molar-refractivity contribution in [3.8, 4) is 5.75 Å². The van der Waals surface area contributed by atoms with Crippen molar-refractivity contribution in [2.24, 2.45) is 11.8 Å². The fraction of sp³-hybridized carbons (Fsp3) is 0.632. The van der Waals surface area contributed by atoms with Crippen LogP contribution in [0.2, 0.25) is 0 Å². The number of carboxylic acid groups (broad SMARTS) is 1. The molecule has 1 fully saturated rings. The van der Waals surface area contributed by atoms with Crippen LogP contribution in [0.1, 0.15) is 61.3 Å². The van der Waals surface area contributed by atoms with E-state index in [4.69, 9.17) is 9.84 Å². The largest absolute Gasteiger partial charge is 0.494 e. The third-order valence-electron chi connectivity index (χ3n) is 5.14. The van der Waals surface area contributed by atoms with Crippen molar-refractivity contribution < 1.29 is 14.6 Å². The van der Waals surface area contributed by atoms with E-state index < -0.39 is 5.97 Å². The van der Waals surface area contributed by atoms with Gasteiger partial charge in [-0.05, 0) is 87.1 Å². The molecule has 1 aromatic carbocycles. The Morgan fingerprint density at radius 1 is 1.32 bits per heavy atom. The lowest BCUT2D eigenvalue weighted by Crippen LogP contribution is -2.09. The highest BCUT2D eigenvalue weighted by Gasteiger charge is 2.44. The summed E-state index contributed by atoms with van der Waals surface area (Å²) in [5.41, 5.74) is 5.19. The molecule has 0 spiro atoms. The predicted molar refractivity (Wildman–Crippen MR) is 88.7 cm³/mol. The van der Waals surface area contributed by atoms with Crippen molar-refractivity contribution in [3.63, 3.8) is 0 Å². The second-order valence-electron chi connectivity index (χ2n) is 6.57. The summed E-state index contributed by atoms with van der Waals surface area (Å²) >= 11 is 0. The minimum atomic E-state index is -0.629. The van der Waals surface area contributed by atoms with E-state index in [0.29, 0.717) is 18.4 Å². The maximum atomic E-state index is 11.1. The molecule has 1 saturated carbocycles. The van der Waals surface area contributed by atoms with Gasteiger partial charge in [0.05, 0.1) is 12.5 Å². The summed E-state index contributed by atoms with van der Waals surface area (Å²) in [6, 6.07) is 2.14. The molecule has 22 heavy (non-hydrogen) atoms. The van der Waals surface area contributed by atoms with E-state index in [2.05, 4.69) is 33.8 Å². The van der Waals surface area contributed by atoms with Gasteiger partial charge in [0.2, 0.25) is 0 Å². The highest BCUT2D eigenvalue weighted by atomic mass is 16.5. The Kier molecular flexibility index (Phi) is 5.15. The molecular formula is C19H28O3. The van der Waals surface area contributed by atoms with Crippen molar-refractivity contribution in [1.29, 1.82) is 0 Å². The third kappa shape index (κ3) is 3.29. The Balaban J connectivity index is 2.26. The molecule has 1 N–H and O–H groups in total. The molecule has 3 nitrogen and oxygen atoms in total. The standard InChI is InChI=1S/C19H28O3/c1-6-14(9-15-10-16(15)19(20)21)18-11(3)8-17(22-7-2)12(4)13(18)5/h8,14-16H,6-7,9-10H2,1-5H3,(H,20,21). The van der Waals surface area contributed by atoms with Crippen molar-refractivity contribution >= 4 is 5.97 Å². The van der Waals surface area contributed by atoms with Crippen LogP contribution in [0.25, 0.3) is 0 Å². The summed E-state index contributed by atoms with van der Waals surface area (Å²) < 4.78 is 5.73. The monoisotopic (exact) mass is 304 g/mol. The summed E-state index contributed by atoms with van der Waals surface area (Å²) in [7, 11) is 0. The lowest BCUT2D eigenvalue weighted by atomic mass is 9.83. The van der Waals surface area contributed by atoms with Gasteiger partial charge in [-0.3, -0.25) is 4.79 Å². The van der Waals surface area contributed by atoms with Gasteiger partial charge in [-0.1, -0.05) is 6.92 Å². The number of carbonyl (C=O) groups is 1. The van der Waals surface area contributed by atoms with Gasteiger partial charge in [-0.25, -0.2) is 0 Å². The number of ether oxygens (including phenoxy) is 1. The molecule has 0 heterocycles. The van der Waals surface area contributed by atoms with Gasteiger partial charge >= 0.3 is 5.97 Å². The molecular weight excluding hydrogens is 276 g/mol. The minimum Gasteiger partial charge on any atom is -0.494 e. The highest BCUT2D eigenvalue weighted by Crippen LogP contribution is 2.47. The molecule has 2 rings (SSSR count). The molecule has 3 unspecified atom stereocenters. The van der Waals surface area contributed by atoms with Crippen LogP contribution in [0.5, 0.6) is 5.75 Å². The van der Waals surface area contributed by atoms with Gasteiger partial charge in [0.15, 0.2) is 0 Å². The van der Waals surface area contributed by atoms with Crippen LogP contribution in [0.3, 0.4) is 0 Å². The molecule has 1 aliphatic rings. The van der Waals surface area contributed by atoms with Crippen molar-refractivity contribution in [2.75, 3.05) is 6.61 Å². The summed E-state index contributed by atoms with van der Waals surface area (Å²) in [6.45, 7) is 11.3. The topological polar surface area (TPSA) is 46.5 Å². The van der Waals surface area contributed by atoms with Gasteiger partial charge in [-0.15, -0.1) is 0 Å². The lowest BCUT2D eigenvalue weighted by molar-refractivity contribution is -0.138. The molecule has 0 radical (unpaired) electrons. The van der Waals surface area contributed by atoms with E-state index in [1.165, 1.54) is 22.3 Å². The molecule has 0 amide bonds. The van der Waals surface area contributed by atoms with Crippen LogP contribution in [-0.4, -0.2) is 17.7 Å². The summed E-state index contributed by atoms with van der Waals surface area (Å²) in [4.78, 5) is 11.1. The van der Waals surface area contributed by atoms with E-state index in [-0.39, 0.29) is 5.92 Å². The van der Waals surface area contributed by atoms with E-state index in [0.717, 1.165) is 25.0 Å². The van der Waals surface area contributed by atoms with Gasteiger partial charge in [0, 0.05) is 0 Å². The Morgan fingerprint density at radius 3 is 2.50 bits per heavy atom. The third-order valence-corrected chi connectivity index (χ3v) is 5.14. The zero-order valence-electron chi connectivity index (χ0n) is 14.4. The van der Waals surface area contributed by atoms with E-state index in [1.54, 1.807) is 0 Å². The molecule has 1 aliphatic carbocycles. The first-order valence-corrected chi connectivity index (χ1v) is 8.36. The van der Waals surface area contributed by atoms with Gasteiger partial charge in [-0.2, -0.15) is 0 Å². The summed E-state index contributed by atoms with van der Waals surface area (Å²) in [5, 5.41) is 9.11. The van der Waals surface area contributed by atoms with Gasteiger partial charge < -0.3 is 9.84 Å². The maximum Gasteiger partial charge on any atom is 0.306 e. The van der Waals surface area contributed by atoms with Crippen LogP contribution in [0, 0.1) is 32.6 Å². The SMILES string of the molecule is CCOc1cc(C)c(C(CC)CC2CC2C(=O)O)c(C)c1C. The Hall–Kier alpha value is -1.51. The second-order valence-corrected chi connectivity index (χ2v) is 6.57. The number of carboxylic acids is 1. The fourth-order valence-corrected chi connectivity index (χ4v) is 3.66. The van der Waals surface area contributed by atoms with Crippen LogP contribution in [0.4, 0.5) is 0 Å². The molecule has 122 valence electrons. The van der Waals surface area contributed by atoms with Crippen molar-refractivity contribution in [1.82, 2.24) is 0 Å². The van der Waals surface area contributed by atoms with Crippen molar-refractivity contribution in [3.05, 3.63) is 28.3 Å². The number of benzene rings is 1. The molecule has 3 atom stereocenters. The Morgan fingerprint density at radius 2 is 2.00 bits per heavy atom. The minimum absolute atomic E-state index is 0.113. The van der Waals surface area contributed by atoms with E-state index >= 15 is 0 Å². The molecule has 0 bridgehead atoms. The summed E-state index contributed by atoms with van der Waals surface area (Å²) in [6.07, 6.45) is 2.89. The summed E-state index contributed by atoms with van der Waals surface area (Å²) in [5.74, 6) is 1.04. The van der Waals surface area contributed by atoms with Crippen LogP contribution < -0.4 is 4.74 Å². The van der Waals surface area contributed by atoms with E-state index in [1.807, 2.05) is 6.92 Å². The maximum absolute atomic E-state index is 11.1. The zero-order valence-corrected chi connectivity index (χ0v) is 14.4. The normalized spacial score (nSPS) is 21.5. The number of rotatable bonds is 7. The molecule has 0 saturated heterocycles. The Labute approximate surface area is 133 Å².